The van der Waals surface area contributed by atoms with Gasteiger partial charge in [-0.3, -0.25) is 0 Å². The molecule has 1 nitrogen and oxygen atoms in total. The van der Waals surface area contributed by atoms with Gasteiger partial charge >= 0.3 is 0 Å². The molecule has 0 heterocycles. The standard InChI is InChI=1S/C13H14O.C11H10.C2H6/c1-9(2)10-3-4-12-8-13(14)6-5-11(12)7-10;1-9-6-7-10-4-2-3-5-11(10)8-9;1-2/h3-9,14H,1-2H3;2-8H,1H3;1-2H3. The van der Waals surface area contributed by atoms with Gasteiger partial charge in [0.1, 0.15) is 5.75 Å². The van der Waals surface area contributed by atoms with Crippen LogP contribution in [0.4, 0.5) is 0 Å². The van der Waals surface area contributed by atoms with E-state index in [0.717, 1.165) is 5.39 Å². The van der Waals surface area contributed by atoms with Crippen molar-refractivity contribution in [1.29, 1.82) is 0 Å². The summed E-state index contributed by atoms with van der Waals surface area (Å²) in [6, 6.07) is 26.7. The first-order valence-corrected chi connectivity index (χ1v) is 9.71. The molecule has 0 saturated carbocycles. The van der Waals surface area contributed by atoms with Gasteiger partial charge in [0.2, 0.25) is 0 Å². The van der Waals surface area contributed by atoms with Gasteiger partial charge in [0, 0.05) is 0 Å². The average Bonchev–Trinajstić information content (AvgIpc) is 2.69. The van der Waals surface area contributed by atoms with E-state index in [-0.39, 0.29) is 0 Å². The second-order valence-corrected chi connectivity index (χ2v) is 6.80. The summed E-state index contributed by atoms with van der Waals surface area (Å²) in [5, 5.41) is 14.2. The Morgan fingerprint density at radius 1 is 0.630 bits per heavy atom. The fourth-order valence-electron chi connectivity index (χ4n) is 2.92. The second kappa shape index (κ2) is 9.78. The fourth-order valence-corrected chi connectivity index (χ4v) is 2.92. The Hall–Kier alpha value is -2.80. The molecule has 0 atom stereocenters. The van der Waals surface area contributed by atoms with Crippen LogP contribution in [0, 0.1) is 6.92 Å². The molecular formula is C26H30O. The Balaban J connectivity index is 0.000000181. The predicted molar refractivity (Wildman–Crippen MR) is 120 cm³/mol. The van der Waals surface area contributed by atoms with E-state index in [2.05, 4.69) is 81.4 Å². The van der Waals surface area contributed by atoms with Gasteiger partial charge in [-0.25, -0.2) is 0 Å². The third-order valence-corrected chi connectivity index (χ3v) is 4.42. The molecule has 1 N–H and O–H groups in total. The topological polar surface area (TPSA) is 20.2 Å². The van der Waals surface area contributed by atoms with E-state index in [1.54, 1.807) is 12.1 Å². The minimum absolute atomic E-state index is 0.329. The fraction of sp³-hybridized carbons (Fsp3) is 0.231. The van der Waals surface area contributed by atoms with Crippen LogP contribution in [0.2, 0.25) is 0 Å². The maximum atomic E-state index is 9.31. The molecule has 0 aliphatic heterocycles. The second-order valence-electron chi connectivity index (χ2n) is 6.80. The van der Waals surface area contributed by atoms with Crippen molar-refractivity contribution in [2.75, 3.05) is 0 Å². The summed E-state index contributed by atoms with van der Waals surface area (Å²) in [6.45, 7) is 10.5. The Kier molecular flexibility index (Phi) is 7.43. The Morgan fingerprint density at radius 3 is 1.89 bits per heavy atom. The monoisotopic (exact) mass is 358 g/mol. The normalized spacial score (nSPS) is 10.1. The highest BCUT2D eigenvalue weighted by molar-refractivity contribution is 5.84. The van der Waals surface area contributed by atoms with Crippen molar-refractivity contribution in [2.24, 2.45) is 0 Å². The van der Waals surface area contributed by atoms with Gasteiger partial charge in [-0.2, -0.15) is 0 Å². The summed E-state index contributed by atoms with van der Waals surface area (Å²) >= 11 is 0. The van der Waals surface area contributed by atoms with E-state index in [9.17, 15) is 5.11 Å². The van der Waals surface area contributed by atoms with E-state index in [1.165, 1.54) is 27.3 Å². The Bertz CT molecular complexity index is 999. The quantitative estimate of drug-likeness (QED) is 0.367. The highest BCUT2D eigenvalue weighted by atomic mass is 16.3. The summed E-state index contributed by atoms with van der Waals surface area (Å²) in [6.07, 6.45) is 0. The number of aryl methyl sites for hydroxylation is 1. The average molecular weight is 359 g/mol. The molecule has 0 bridgehead atoms. The first kappa shape index (κ1) is 20.5. The number of fused-ring (bicyclic) bond motifs is 2. The summed E-state index contributed by atoms with van der Waals surface area (Å²) in [7, 11) is 0. The van der Waals surface area contributed by atoms with E-state index in [4.69, 9.17) is 0 Å². The molecule has 0 radical (unpaired) electrons. The lowest BCUT2D eigenvalue weighted by atomic mass is 9.99. The molecule has 0 amide bonds. The number of hydrogen-bond donors (Lipinski definition) is 1. The molecule has 27 heavy (non-hydrogen) atoms. The predicted octanol–water partition coefficient (Wildman–Crippen LogP) is 7.84. The number of phenols is 1. The summed E-state index contributed by atoms with van der Waals surface area (Å²) in [5.74, 6) is 0.878. The maximum absolute atomic E-state index is 9.31. The first-order chi connectivity index (χ1) is 13.0. The van der Waals surface area contributed by atoms with Gasteiger partial charge in [0.15, 0.2) is 0 Å². The molecule has 0 spiro atoms. The van der Waals surface area contributed by atoms with Crippen LogP contribution >= 0.6 is 0 Å². The number of phenolic OH excluding ortho intramolecular Hbond substituents is 1. The van der Waals surface area contributed by atoms with Crippen LogP contribution in [-0.2, 0) is 0 Å². The molecule has 0 aliphatic rings. The number of rotatable bonds is 1. The third kappa shape index (κ3) is 5.59. The summed E-state index contributed by atoms with van der Waals surface area (Å²) in [4.78, 5) is 0. The summed E-state index contributed by atoms with van der Waals surface area (Å²) < 4.78 is 0. The number of aromatic hydroxyl groups is 1. The molecule has 0 aromatic heterocycles. The van der Waals surface area contributed by atoms with Crippen LogP contribution in [0.3, 0.4) is 0 Å². The zero-order valence-corrected chi connectivity index (χ0v) is 17.0. The molecule has 0 saturated heterocycles. The molecule has 1 heteroatoms. The minimum atomic E-state index is 0.329. The number of benzene rings is 4. The van der Waals surface area contributed by atoms with Crippen LogP contribution in [0.25, 0.3) is 21.5 Å². The lowest BCUT2D eigenvalue weighted by molar-refractivity contribution is 0.476. The highest BCUT2D eigenvalue weighted by Crippen LogP contribution is 2.24. The van der Waals surface area contributed by atoms with Gasteiger partial charge in [0.05, 0.1) is 0 Å². The molecule has 4 aromatic rings. The van der Waals surface area contributed by atoms with Gasteiger partial charge < -0.3 is 5.11 Å². The van der Waals surface area contributed by atoms with Crippen molar-refractivity contribution in [3.05, 3.63) is 90.0 Å². The molecule has 140 valence electrons. The zero-order chi connectivity index (χ0) is 19.8. The van der Waals surface area contributed by atoms with Gasteiger partial charge in [0.25, 0.3) is 0 Å². The molecule has 0 unspecified atom stereocenters. The van der Waals surface area contributed by atoms with Crippen LogP contribution < -0.4 is 0 Å². The lowest BCUT2D eigenvalue weighted by Crippen LogP contribution is -1.86. The lowest BCUT2D eigenvalue weighted by Gasteiger charge is -2.06. The molecule has 0 aliphatic carbocycles. The maximum Gasteiger partial charge on any atom is 0.116 e. The minimum Gasteiger partial charge on any atom is -0.508 e. The van der Waals surface area contributed by atoms with Crippen molar-refractivity contribution < 1.29 is 5.11 Å². The SMILES string of the molecule is CC.CC(C)c1ccc2cc(O)ccc2c1.Cc1ccc2ccccc2c1. The third-order valence-electron chi connectivity index (χ3n) is 4.42. The Labute approximate surface area is 163 Å². The van der Waals surface area contributed by atoms with E-state index in [0.29, 0.717) is 11.7 Å². The highest BCUT2D eigenvalue weighted by Gasteiger charge is 2.00. The van der Waals surface area contributed by atoms with Gasteiger partial charge in [-0.05, 0) is 52.1 Å². The molecule has 4 aromatic carbocycles. The van der Waals surface area contributed by atoms with E-state index >= 15 is 0 Å². The van der Waals surface area contributed by atoms with Gasteiger partial charge in [-0.15, -0.1) is 0 Å². The largest absolute Gasteiger partial charge is 0.508 e. The summed E-state index contributed by atoms with van der Waals surface area (Å²) in [5.41, 5.74) is 2.66. The van der Waals surface area contributed by atoms with E-state index in [1.807, 2.05) is 19.9 Å². The zero-order valence-electron chi connectivity index (χ0n) is 17.0. The smallest absolute Gasteiger partial charge is 0.116 e. The van der Waals surface area contributed by atoms with Crippen molar-refractivity contribution in [2.45, 2.75) is 40.5 Å². The van der Waals surface area contributed by atoms with Crippen LogP contribution in [0.15, 0.2) is 78.9 Å². The van der Waals surface area contributed by atoms with Crippen molar-refractivity contribution in [1.82, 2.24) is 0 Å². The van der Waals surface area contributed by atoms with Gasteiger partial charge in [-0.1, -0.05) is 100.0 Å². The van der Waals surface area contributed by atoms with E-state index < -0.39 is 0 Å². The van der Waals surface area contributed by atoms with Crippen molar-refractivity contribution in [3.63, 3.8) is 0 Å². The number of hydrogen-bond acceptors (Lipinski definition) is 1. The molecule has 4 rings (SSSR count). The van der Waals surface area contributed by atoms with Crippen LogP contribution in [-0.4, -0.2) is 5.11 Å². The van der Waals surface area contributed by atoms with Crippen molar-refractivity contribution in [3.8, 4) is 5.75 Å². The van der Waals surface area contributed by atoms with Crippen LogP contribution in [0.1, 0.15) is 44.7 Å². The van der Waals surface area contributed by atoms with Crippen LogP contribution in [0.5, 0.6) is 5.75 Å². The first-order valence-electron chi connectivity index (χ1n) is 9.71. The molecular weight excluding hydrogens is 328 g/mol. The van der Waals surface area contributed by atoms with Crippen molar-refractivity contribution >= 4 is 21.5 Å². The molecule has 0 fully saturated rings. The Morgan fingerprint density at radius 2 is 1.19 bits per heavy atom.